The molecule has 0 saturated carbocycles. The van der Waals surface area contributed by atoms with E-state index in [-0.39, 0.29) is 46.2 Å². The number of hydrogen-bond donors (Lipinski definition) is 0. The first-order chi connectivity index (χ1) is 33.6. The third-order valence-corrected chi connectivity index (χ3v) is 11.9. The van der Waals surface area contributed by atoms with Crippen molar-refractivity contribution >= 4 is 0 Å². The largest absolute Gasteiger partial charge is 0.374 e. The van der Waals surface area contributed by atoms with Crippen LogP contribution in [0.4, 0.5) is 0 Å². The van der Waals surface area contributed by atoms with Gasteiger partial charge in [0.05, 0.1) is 52.9 Å². The van der Waals surface area contributed by atoms with E-state index in [1.54, 1.807) is 7.11 Å². The second-order valence-electron chi connectivity index (χ2n) is 16.7. The molecular formula is C55H59N3O10. The molecule has 0 bridgehead atoms. The van der Waals surface area contributed by atoms with Gasteiger partial charge in [0.1, 0.15) is 48.8 Å². The number of azide groups is 1. The normalized spacial score (nSPS) is 24.8. The van der Waals surface area contributed by atoms with Crippen LogP contribution in [0.1, 0.15) is 33.4 Å². The lowest BCUT2D eigenvalue weighted by Gasteiger charge is -2.47. The van der Waals surface area contributed by atoms with Crippen LogP contribution in [0.15, 0.2) is 187 Å². The minimum Gasteiger partial charge on any atom is -0.374 e. The summed E-state index contributed by atoms with van der Waals surface area (Å²) in [4.78, 5) is 3.30. The summed E-state index contributed by atoms with van der Waals surface area (Å²) in [7, 11) is 1.58. The quantitative estimate of drug-likeness (QED) is 0.0327. The molecule has 68 heavy (non-hydrogen) atoms. The summed E-state index contributed by atoms with van der Waals surface area (Å²) < 4.78 is 66.6. The minimum atomic E-state index is -1.14. The molecule has 354 valence electrons. The lowest BCUT2D eigenvalue weighted by molar-refractivity contribution is -0.336. The van der Waals surface area contributed by atoms with Crippen molar-refractivity contribution < 1.29 is 47.4 Å². The van der Waals surface area contributed by atoms with E-state index >= 15 is 0 Å². The van der Waals surface area contributed by atoms with Gasteiger partial charge >= 0.3 is 0 Å². The lowest BCUT2D eigenvalue weighted by atomic mass is 9.96. The summed E-state index contributed by atoms with van der Waals surface area (Å²) in [5.74, 6) is 0. The van der Waals surface area contributed by atoms with E-state index in [2.05, 4.69) is 10.0 Å². The van der Waals surface area contributed by atoms with Gasteiger partial charge in [0.2, 0.25) is 0 Å². The molecule has 0 aliphatic carbocycles. The van der Waals surface area contributed by atoms with Crippen molar-refractivity contribution in [3.63, 3.8) is 0 Å². The van der Waals surface area contributed by atoms with E-state index in [1.807, 2.05) is 182 Å². The summed E-state index contributed by atoms with van der Waals surface area (Å²) >= 11 is 0. The third-order valence-electron chi connectivity index (χ3n) is 11.9. The van der Waals surface area contributed by atoms with E-state index in [0.29, 0.717) is 6.61 Å². The van der Waals surface area contributed by atoms with Gasteiger partial charge in [-0.1, -0.05) is 187 Å². The number of nitrogens with zero attached hydrogens (tertiary/aromatic N) is 3. The van der Waals surface area contributed by atoms with Gasteiger partial charge in [-0.15, -0.1) is 0 Å². The van der Waals surface area contributed by atoms with Crippen LogP contribution < -0.4 is 0 Å². The highest BCUT2D eigenvalue weighted by atomic mass is 16.7. The standard InChI is InChI=1S/C55H59N3O10/c1-59-55-53(65-37-45-30-18-7-19-31-45)52(64-36-44-28-16-6-17-29-44)50(62-34-42-24-12-4-13-25-42)47(68-55)39-66-54-48(57-58-56)51(63-35-43-26-14-5-15-27-43)49(61-33-41-22-10-3-11-23-41)46(67-54)38-60-32-40-20-8-2-9-21-40/h2-31,46-55H,32-39H2,1H3/t46-,47-,48-,49+,50-,51-,52+,53-,54?,55+/m1/s1. The van der Waals surface area contributed by atoms with Crippen LogP contribution in [0.5, 0.6) is 0 Å². The maximum absolute atomic E-state index is 10.2. The van der Waals surface area contributed by atoms with Crippen LogP contribution in [0.25, 0.3) is 10.4 Å². The monoisotopic (exact) mass is 921 g/mol. The first-order valence-electron chi connectivity index (χ1n) is 23.0. The van der Waals surface area contributed by atoms with Crippen molar-refractivity contribution in [1.82, 2.24) is 0 Å². The number of rotatable bonds is 24. The van der Waals surface area contributed by atoms with Crippen molar-refractivity contribution in [1.29, 1.82) is 0 Å². The van der Waals surface area contributed by atoms with E-state index in [0.717, 1.165) is 33.4 Å². The highest BCUT2D eigenvalue weighted by Crippen LogP contribution is 2.35. The Labute approximate surface area is 398 Å². The Kier molecular flexibility index (Phi) is 18.7. The first-order valence-corrected chi connectivity index (χ1v) is 23.0. The molecule has 0 N–H and O–H groups in total. The maximum atomic E-state index is 10.2. The van der Waals surface area contributed by atoms with Gasteiger partial charge in [-0.25, -0.2) is 0 Å². The zero-order valence-electron chi connectivity index (χ0n) is 38.2. The third kappa shape index (κ3) is 13.9. The fourth-order valence-corrected chi connectivity index (χ4v) is 8.40. The molecule has 2 aliphatic heterocycles. The van der Waals surface area contributed by atoms with Crippen LogP contribution in [-0.2, 0) is 87.0 Å². The molecule has 1 unspecified atom stereocenters. The highest BCUT2D eigenvalue weighted by Gasteiger charge is 2.51. The zero-order chi connectivity index (χ0) is 46.6. The Morgan fingerprint density at radius 2 is 0.735 bits per heavy atom. The Bertz CT molecular complexity index is 2370. The fourth-order valence-electron chi connectivity index (χ4n) is 8.40. The van der Waals surface area contributed by atoms with E-state index in [4.69, 9.17) is 47.4 Å². The minimum absolute atomic E-state index is 0.0867. The summed E-state index contributed by atoms with van der Waals surface area (Å²) in [6.45, 7) is 1.62. The maximum Gasteiger partial charge on any atom is 0.186 e. The predicted octanol–water partition coefficient (Wildman–Crippen LogP) is 9.92. The van der Waals surface area contributed by atoms with Crippen LogP contribution in [0, 0.1) is 0 Å². The van der Waals surface area contributed by atoms with Crippen molar-refractivity contribution in [3.8, 4) is 0 Å². The molecule has 2 aliphatic rings. The first kappa shape index (κ1) is 48.7. The molecular weight excluding hydrogens is 863 g/mol. The van der Waals surface area contributed by atoms with Gasteiger partial charge in [-0.3, -0.25) is 0 Å². The molecule has 0 amide bonds. The second-order valence-corrected chi connectivity index (χ2v) is 16.7. The second kappa shape index (κ2) is 26.1. The Balaban J connectivity index is 1.10. The summed E-state index contributed by atoms with van der Waals surface area (Å²) in [5.41, 5.74) is 16.0. The molecule has 10 atom stereocenters. The summed E-state index contributed by atoms with van der Waals surface area (Å²) in [6.07, 6.45) is -7.27. The van der Waals surface area contributed by atoms with E-state index in [9.17, 15) is 5.53 Å². The highest BCUT2D eigenvalue weighted by molar-refractivity contribution is 5.18. The lowest BCUT2D eigenvalue weighted by Crippen LogP contribution is -2.63. The molecule has 6 aromatic carbocycles. The fraction of sp³-hybridized carbons (Fsp3) is 0.345. The molecule has 13 heteroatoms. The van der Waals surface area contributed by atoms with E-state index in [1.165, 1.54) is 0 Å². The molecule has 13 nitrogen and oxygen atoms in total. The smallest absolute Gasteiger partial charge is 0.186 e. The van der Waals surface area contributed by atoms with Gasteiger partial charge in [-0.05, 0) is 38.9 Å². The molecule has 2 fully saturated rings. The zero-order valence-corrected chi connectivity index (χ0v) is 38.2. The van der Waals surface area contributed by atoms with Gasteiger partial charge in [0, 0.05) is 12.0 Å². The topological polar surface area (TPSA) is 141 Å². The average molecular weight is 922 g/mol. The van der Waals surface area contributed by atoms with Crippen molar-refractivity contribution in [2.24, 2.45) is 5.11 Å². The molecule has 8 rings (SSSR count). The molecule has 0 spiro atoms. The van der Waals surface area contributed by atoms with Gasteiger partial charge < -0.3 is 47.4 Å². The van der Waals surface area contributed by atoms with Crippen molar-refractivity contribution in [3.05, 3.63) is 226 Å². The number of methoxy groups -OCH3 is 1. The SMILES string of the molecule is CO[C@H]1O[C@H](COC2O[C@H](COCc3ccccc3)[C@H](OCc3ccccc3)[C@H](OCc3ccccc3)[C@H]2N=[N+]=[N-])[C@@H](OCc2ccccc2)[C@H](OCc2ccccc2)[C@H]1OCc1ccccc1. The predicted molar refractivity (Wildman–Crippen MR) is 254 cm³/mol. The molecule has 0 radical (unpaired) electrons. The van der Waals surface area contributed by atoms with E-state index < -0.39 is 61.3 Å². The van der Waals surface area contributed by atoms with Crippen LogP contribution in [0.2, 0.25) is 0 Å². The number of hydrogen-bond acceptors (Lipinski definition) is 11. The van der Waals surface area contributed by atoms with Crippen LogP contribution >= 0.6 is 0 Å². The Morgan fingerprint density at radius 3 is 1.15 bits per heavy atom. The van der Waals surface area contributed by atoms with Crippen LogP contribution in [-0.4, -0.2) is 81.7 Å². The van der Waals surface area contributed by atoms with Crippen molar-refractivity contribution in [2.75, 3.05) is 20.3 Å². The van der Waals surface area contributed by atoms with Crippen molar-refractivity contribution in [2.45, 2.75) is 101 Å². The molecule has 2 saturated heterocycles. The summed E-state index contributed by atoms with van der Waals surface area (Å²) in [6, 6.07) is 58.3. The number of benzene rings is 6. The van der Waals surface area contributed by atoms with Gasteiger partial charge in [-0.2, -0.15) is 0 Å². The average Bonchev–Trinajstić information content (AvgIpc) is 3.40. The van der Waals surface area contributed by atoms with Gasteiger partial charge in [0.25, 0.3) is 0 Å². The summed E-state index contributed by atoms with van der Waals surface area (Å²) in [5, 5.41) is 4.30. The van der Waals surface area contributed by atoms with Gasteiger partial charge in [0.15, 0.2) is 12.6 Å². The molecule has 2 heterocycles. The van der Waals surface area contributed by atoms with Crippen LogP contribution in [0.3, 0.4) is 0 Å². The Morgan fingerprint density at radius 1 is 0.397 bits per heavy atom. The molecule has 6 aromatic rings. The molecule has 0 aromatic heterocycles. The number of ether oxygens (including phenoxy) is 10. The Hall–Kier alpha value is -5.77.